The fourth-order valence-corrected chi connectivity index (χ4v) is 2.78. The first-order chi connectivity index (χ1) is 13.0. The zero-order valence-corrected chi connectivity index (χ0v) is 15.2. The van der Waals surface area contributed by atoms with Gasteiger partial charge in [0.1, 0.15) is 17.1 Å². The minimum atomic E-state index is -0.814. The fourth-order valence-electron chi connectivity index (χ4n) is 2.62. The number of carbonyl (C=O) groups excluding carboxylic acids is 1. The first-order valence-electron chi connectivity index (χ1n) is 7.81. The third-order valence-electron chi connectivity index (χ3n) is 3.91. The molecule has 0 aliphatic heterocycles. The van der Waals surface area contributed by atoms with Gasteiger partial charge in [-0.2, -0.15) is 0 Å². The van der Waals surface area contributed by atoms with Crippen molar-refractivity contribution in [3.63, 3.8) is 0 Å². The molecule has 6 nitrogen and oxygen atoms in total. The summed E-state index contributed by atoms with van der Waals surface area (Å²) in [5.41, 5.74) is 0.109. The van der Waals surface area contributed by atoms with E-state index in [1.807, 2.05) is 0 Å². The van der Waals surface area contributed by atoms with E-state index >= 15 is 0 Å². The molecule has 0 spiro atoms. The number of carbonyl (C=O) groups is 1. The van der Waals surface area contributed by atoms with Gasteiger partial charge < -0.3 is 18.8 Å². The van der Waals surface area contributed by atoms with Crippen LogP contribution in [0.3, 0.4) is 0 Å². The molecule has 0 fully saturated rings. The van der Waals surface area contributed by atoms with Crippen LogP contribution in [0, 0.1) is 5.82 Å². The van der Waals surface area contributed by atoms with Gasteiger partial charge in [0.2, 0.25) is 5.43 Å². The summed E-state index contributed by atoms with van der Waals surface area (Å²) in [6.45, 7) is 0.0989. The third-order valence-corrected chi connectivity index (χ3v) is 4.20. The minimum absolute atomic E-state index is 0.0134. The van der Waals surface area contributed by atoms with Crippen molar-refractivity contribution in [1.82, 2.24) is 4.57 Å². The molecule has 0 aliphatic carbocycles. The van der Waals surface area contributed by atoms with Crippen LogP contribution < -0.4 is 10.2 Å². The quantitative estimate of drug-likeness (QED) is 0.491. The molecule has 1 aromatic heterocycles. The second kappa shape index (κ2) is 7.77. The molecule has 0 radical (unpaired) electrons. The molecule has 1 heterocycles. The molecule has 3 rings (SSSR count). The van der Waals surface area contributed by atoms with E-state index in [4.69, 9.17) is 21.1 Å². The van der Waals surface area contributed by atoms with Crippen LogP contribution in [0.1, 0.15) is 10.4 Å². The van der Waals surface area contributed by atoms with Crippen LogP contribution in [0.25, 0.3) is 16.6 Å². The number of ether oxygens (including phenoxy) is 3. The molecule has 0 saturated heterocycles. The highest BCUT2D eigenvalue weighted by molar-refractivity contribution is 6.31. The smallest absolute Gasteiger partial charge is 0.343 e. The molecule has 0 unspecified atom stereocenters. The van der Waals surface area contributed by atoms with E-state index in [2.05, 4.69) is 4.74 Å². The molecule has 0 aliphatic rings. The van der Waals surface area contributed by atoms with Crippen LogP contribution in [-0.4, -0.2) is 31.5 Å². The molecular formula is C19H15ClFNO5. The number of rotatable bonds is 5. The molecule has 140 valence electrons. The Bertz CT molecular complexity index is 1060. The molecule has 2 aromatic carbocycles. The maximum absolute atomic E-state index is 13.9. The van der Waals surface area contributed by atoms with Crippen LogP contribution in [-0.2, 0) is 9.47 Å². The lowest BCUT2D eigenvalue weighted by Crippen LogP contribution is -2.20. The lowest BCUT2D eigenvalue weighted by molar-refractivity contribution is 0.0511. The summed E-state index contributed by atoms with van der Waals surface area (Å²) >= 11 is 5.90. The molecule has 0 atom stereocenters. The summed E-state index contributed by atoms with van der Waals surface area (Å²) in [5.74, 6) is -0.993. The van der Waals surface area contributed by atoms with Crippen molar-refractivity contribution in [2.75, 3.05) is 21.0 Å². The van der Waals surface area contributed by atoms with E-state index in [0.29, 0.717) is 17.0 Å². The Labute approximate surface area is 158 Å². The molecule has 8 heteroatoms. The maximum Gasteiger partial charge on any atom is 0.343 e. The van der Waals surface area contributed by atoms with Crippen LogP contribution >= 0.6 is 11.6 Å². The van der Waals surface area contributed by atoms with Crippen molar-refractivity contribution in [1.29, 1.82) is 0 Å². The molecule has 0 saturated carbocycles. The van der Waals surface area contributed by atoms with Crippen LogP contribution in [0.2, 0.25) is 5.02 Å². The Morgan fingerprint density at radius 1 is 1.19 bits per heavy atom. The summed E-state index contributed by atoms with van der Waals surface area (Å²) < 4.78 is 30.3. The van der Waals surface area contributed by atoms with Gasteiger partial charge in [-0.25, -0.2) is 9.18 Å². The maximum atomic E-state index is 13.9. The number of aromatic nitrogens is 1. The Morgan fingerprint density at radius 3 is 2.52 bits per heavy atom. The standard InChI is InChI=1S/C19H15ClFNO5/c1-25-10-27-12-5-3-11(4-6-12)22-9-14(19(24)26-2)18(23)13-7-16(21)15(20)8-17(13)22/h3-9H,10H2,1-2H3. The number of benzene rings is 2. The van der Waals surface area contributed by atoms with Crippen LogP contribution in [0.5, 0.6) is 5.75 Å². The summed E-state index contributed by atoms with van der Waals surface area (Å²) in [6, 6.07) is 9.17. The van der Waals surface area contributed by atoms with Gasteiger partial charge in [-0.05, 0) is 36.4 Å². The first-order valence-corrected chi connectivity index (χ1v) is 8.19. The lowest BCUT2D eigenvalue weighted by atomic mass is 10.1. The van der Waals surface area contributed by atoms with Gasteiger partial charge in [-0.3, -0.25) is 4.79 Å². The summed E-state index contributed by atoms with van der Waals surface area (Å²) in [5, 5.41) is -0.124. The van der Waals surface area contributed by atoms with Gasteiger partial charge in [0.15, 0.2) is 6.79 Å². The van der Waals surface area contributed by atoms with E-state index < -0.39 is 17.2 Å². The summed E-state index contributed by atoms with van der Waals surface area (Å²) in [6.07, 6.45) is 1.34. The summed E-state index contributed by atoms with van der Waals surface area (Å²) in [7, 11) is 2.68. The van der Waals surface area contributed by atoms with Crippen molar-refractivity contribution in [3.8, 4) is 11.4 Å². The average Bonchev–Trinajstić information content (AvgIpc) is 2.68. The Balaban J connectivity index is 2.24. The highest BCUT2D eigenvalue weighted by Crippen LogP contribution is 2.25. The van der Waals surface area contributed by atoms with Gasteiger partial charge in [0.25, 0.3) is 0 Å². The van der Waals surface area contributed by atoms with Crippen molar-refractivity contribution in [3.05, 3.63) is 69.2 Å². The number of halogens is 2. The minimum Gasteiger partial charge on any atom is -0.468 e. The largest absolute Gasteiger partial charge is 0.468 e. The molecular weight excluding hydrogens is 377 g/mol. The second-order valence-corrected chi connectivity index (χ2v) is 5.97. The van der Waals surface area contributed by atoms with Gasteiger partial charge in [0, 0.05) is 24.4 Å². The van der Waals surface area contributed by atoms with Gasteiger partial charge >= 0.3 is 5.97 Å². The van der Waals surface area contributed by atoms with Crippen molar-refractivity contribution >= 4 is 28.5 Å². The van der Waals surface area contributed by atoms with Gasteiger partial charge in [0.05, 0.1) is 17.6 Å². The monoisotopic (exact) mass is 391 g/mol. The molecule has 0 N–H and O–H groups in total. The molecule has 0 amide bonds. The van der Waals surface area contributed by atoms with E-state index in [1.54, 1.807) is 28.8 Å². The zero-order valence-electron chi connectivity index (χ0n) is 14.5. The SMILES string of the molecule is COCOc1ccc(-n2cc(C(=O)OC)c(=O)c3cc(F)c(Cl)cc32)cc1. The van der Waals surface area contributed by atoms with Crippen molar-refractivity contribution in [2.24, 2.45) is 0 Å². The number of hydrogen-bond donors (Lipinski definition) is 0. The van der Waals surface area contributed by atoms with Crippen molar-refractivity contribution < 1.29 is 23.4 Å². The first kappa shape index (κ1) is 18.9. The predicted molar refractivity (Wildman–Crippen MR) is 98.4 cm³/mol. The number of hydrogen-bond acceptors (Lipinski definition) is 5. The number of nitrogens with zero attached hydrogens (tertiary/aromatic N) is 1. The highest BCUT2D eigenvalue weighted by Gasteiger charge is 2.18. The molecule has 27 heavy (non-hydrogen) atoms. The van der Waals surface area contributed by atoms with E-state index in [-0.39, 0.29) is 22.8 Å². The predicted octanol–water partition coefficient (Wildman–Crippen LogP) is 3.55. The fraction of sp³-hybridized carbons (Fsp3) is 0.158. The molecule has 3 aromatic rings. The third kappa shape index (κ3) is 3.65. The zero-order chi connectivity index (χ0) is 19.6. The summed E-state index contributed by atoms with van der Waals surface area (Å²) in [4.78, 5) is 24.6. The number of fused-ring (bicyclic) bond motifs is 1. The average molecular weight is 392 g/mol. The number of methoxy groups -OCH3 is 2. The Hall–Kier alpha value is -2.90. The van der Waals surface area contributed by atoms with Crippen molar-refractivity contribution in [2.45, 2.75) is 0 Å². The van der Waals surface area contributed by atoms with Crippen LogP contribution in [0.15, 0.2) is 47.4 Å². The Morgan fingerprint density at radius 2 is 1.89 bits per heavy atom. The van der Waals surface area contributed by atoms with Gasteiger partial charge in [-0.15, -0.1) is 0 Å². The van der Waals surface area contributed by atoms with E-state index in [1.165, 1.54) is 26.5 Å². The normalized spacial score (nSPS) is 10.8. The van der Waals surface area contributed by atoms with E-state index in [0.717, 1.165) is 6.07 Å². The number of pyridine rings is 1. The van der Waals surface area contributed by atoms with E-state index in [9.17, 15) is 14.0 Å². The lowest BCUT2D eigenvalue weighted by Gasteiger charge is -2.14. The Kier molecular flexibility index (Phi) is 5.43. The molecule has 0 bridgehead atoms. The van der Waals surface area contributed by atoms with Crippen LogP contribution in [0.4, 0.5) is 4.39 Å². The van der Waals surface area contributed by atoms with Gasteiger partial charge in [-0.1, -0.05) is 11.6 Å². The highest BCUT2D eigenvalue weighted by atomic mass is 35.5. The number of esters is 1. The second-order valence-electron chi connectivity index (χ2n) is 5.56. The topological polar surface area (TPSA) is 66.8 Å².